The molecule has 5 rings (SSSR count). The molecule has 0 aliphatic carbocycles. The molecule has 2 aliphatic rings. The van der Waals surface area contributed by atoms with Crippen molar-refractivity contribution in [3.8, 4) is 0 Å². The fourth-order valence-electron chi connectivity index (χ4n) is 6.04. The van der Waals surface area contributed by atoms with Crippen LogP contribution in [0.1, 0.15) is 34.8 Å². The van der Waals surface area contributed by atoms with E-state index in [2.05, 4.69) is 56.8 Å². The zero-order valence-corrected chi connectivity index (χ0v) is 25.0. The molecular formula is C30H37FN10O2. The summed E-state index contributed by atoms with van der Waals surface area (Å²) in [6, 6.07) is 3.67. The maximum atomic E-state index is 13.8. The van der Waals surface area contributed by atoms with Gasteiger partial charge in [-0.15, -0.1) is 0 Å². The second kappa shape index (κ2) is 12.3. The molecule has 1 fully saturated rings. The van der Waals surface area contributed by atoms with Gasteiger partial charge < -0.3 is 24.9 Å². The minimum absolute atomic E-state index is 0.00622. The van der Waals surface area contributed by atoms with E-state index >= 15 is 0 Å². The number of rotatable bonds is 8. The number of aryl methyl sites for hydroxylation is 1. The van der Waals surface area contributed by atoms with Gasteiger partial charge in [-0.3, -0.25) is 19.6 Å². The number of fused-ring (bicyclic) bond motifs is 2. The first-order valence-electron chi connectivity index (χ1n) is 14.3. The van der Waals surface area contributed by atoms with Crippen LogP contribution in [0.5, 0.6) is 0 Å². The van der Waals surface area contributed by atoms with Crippen LogP contribution in [0, 0.1) is 13.5 Å². The number of aromatic amines is 1. The van der Waals surface area contributed by atoms with Gasteiger partial charge in [-0.2, -0.15) is 10.1 Å². The van der Waals surface area contributed by atoms with Gasteiger partial charge in [0.1, 0.15) is 11.9 Å². The molecule has 13 heteroatoms. The van der Waals surface area contributed by atoms with Crippen molar-refractivity contribution < 1.29 is 14.0 Å². The Balaban J connectivity index is 1.51. The Labute approximate surface area is 250 Å². The van der Waals surface area contributed by atoms with E-state index in [1.165, 1.54) is 16.0 Å². The Hall–Kier alpha value is -4.57. The highest BCUT2D eigenvalue weighted by molar-refractivity contribution is 5.91. The number of hydrogen-bond donors (Lipinski definition) is 2. The molecule has 43 heavy (non-hydrogen) atoms. The van der Waals surface area contributed by atoms with E-state index in [1.54, 1.807) is 19.0 Å². The number of halogens is 1. The molecule has 2 aromatic heterocycles. The number of H-pyrrole nitrogens is 1. The average Bonchev–Trinajstić information content (AvgIpc) is 3.45. The van der Waals surface area contributed by atoms with Crippen LogP contribution in [0.3, 0.4) is 0 Å². The number of nitrogens with zero attached hydrogens (tertiary/aromatic N) is 8. The average molecular weight is 589 g/mol. The summed E-state index contributed by atoms with van der Waals surface area (Å²) in [6.07, 6.45) is 2.78. The quantitative estimate of drug-likeness (QED) is 0.305. The number of piperazine rings is 1. The lowest BCUT2D eigenvalue weighted by atomic mass is 9.89. The molecule has 4 heterocycles. The number of aromatic nitrogens is 4. The van der Waals surface area contributed by atoms with Crippen molar-refractivity contribution in [2.45, 2.75) is 38.4 Å². The Morgan fingerprint density at radius 3 is 2.79 bits per heavy atom. The summed E-state index contributed by atoms with van der Waals surface area (Å²) in [5, 5.41) is 11.7. The smallest absolute Gasteiger partial charge is 0.282 e. The number of hydrogen-bond acceptors (Lipinski definition) is 8. The normalized spacial score (nSPS) is 18.7. The Morgan fingerprint density at radius 2 is 2.07 bits per heavy atom. The van der Waals surface area contributed by atoms with Gasteiger partial charge in [0.05, 0.1) is 17.4 Å². The molecule has 1 aromatic carbocycles. The largest absolute Gasteiger partial charge is 0.354 e. The van der Waals surface area contributed by atoms with Crippen LogP contribution < -0.4 is 10.2 Å². The van der Waals surface area contributed by atoms with E-state index in [0.29, 0.717) is 38.5 Å². The Bertz CT molecular complexity index is 1600. The Morgan fingerprint density at radius 1 is 1.28 bits per heavy atom. The maximum Gasteiger partial charge on any atom is 0.282 e. The lowest BCUT2D eigenvalue weighted by Crippen LogP contribution is -2.57. The van der Waals surface area contributed by atoms with Crippen molar-refractivity contribution in [3.05, 3.63) is 64.5 Å². The highest BCUT2D eigenvalue weighted by Gasteiger charge is 2.37. The first kappa shape index (κ1) is 29.9. The molecule has 0 radical (unpaired) electrons. The lowest BCUT2D eigenvalue weighted by Gasteiger charge is -2.42. The van der Waals surface area contributed by atoms with E-state index in [4.69, 9.17) is 16.5 Å². The van der Waals surface area contributed by atoms with Crippen molar-refractivity contribution in [2.24, 2.45) is 0 Å². The summed E-state index contributed by atoms with van der Waals surface area (Å²) in [5.74, 6) is -0.682. The molecule has 0 saturated carbocycles. The second-order valence-electron chi connectivity index (χ2n) is 11.4. The van der Waals surface area contributed by atoms with E-state index in [9.17, 15) is 14.0 Å². The fourth-order valence-corrected chi connectivity index (χ4v) is 6.04. The minimum atomic E-state index is -1.03. The molecule has 2 amide bonds. The molecule has 0 spiro atoms. The summed E-state index contributed by atoms with van der Waals surface area (Å²) in [6.45, 7) is 14.7. The van der Waals surface area contributed by atoms with Gasteiger partial charge in [0.2, 0.25) is 18.4 Å². The van der Waals surface area contributed by atoms with Crippen LogP contribution in [0.25, 0.3) is 15.7 Å². The van der Waals surface area contributed by atoms with Crippen molar-refractivity contribution in [3.63, 3.8) is 0 Å². The highest BCUT2D eigenvalue weighted by Crippen LogP contribution is 2.39. The molecule has 1 saturated heterocycles. The standard InChI is InChI=1S/C30H37FN10O2/c1-18-7-8-23-21(15-34-37-23)27(18)25-13-24-22(17-39(25)6)28(36-30(35-24)33-10-9-26(42)38(4)5)40-11-12-41(29(43)19(2)31)20(16-40)14-32-3/h7-8,15,20,25H,2,9-14,16-17H2,1,4-6H3,(H,34,37)(H,33,35,36)/t20-,25?/m0/s1. The number of anilines is 2. The van der Waals surface area contributed by atoms with Crippen LogP contribution in [0.2, 0.25) is 0 Å². The first-order valence-corrected chi connectivity index (χ1v) is 14.3. The van der Waals surface area contributed by atoms with Crippen LogP contribution in [0.15, 0.2) is 30.7 Å². The highest BCUT2D eigenvalue weighted by atomic mass is 19.1. The summed E-state index contributed by atoms with van der Waals surface area (Å²) >= 11 is 0. The van der Waals surface area contributed by atoms with Gasteiger partial charge in [0.25, 0.3) is 5.91 Å². The molecule has 226 valence electrons. The maximum absolute atomic E-state index is 13.8. The summed E-state index contributed by atoms with van der Waals surface area (Å²) in [7, 11) is 5.52. The fraction of sp³-hybridized carbons (Fsp3) is 0.467. The lowest BCUT2D eigenvalue weighted by molar-refractivity contribution is -0.131. The molecule has 1 unspecified atom stereocenters. The van der Waals surface area contributed by atoms with Gasteiger partial charge >= 0.3 is 0 Å². The zero-order chi connectivity index (χ0) is 30.8. The number of carbonyl (C=O) groups excluding carboxylic acids is 2. The van der Waals surface area contributed by atoms with E-state index in [1.807, 2.05) is 12.3 Å². The number of likely N-dealkylation sites (N-methyl/N-ethyl adjacent to an activating group) is 1. The van der Waals surface area contributed by atoms with E-state index < -0.39 is 17.8 Å². The van der Waals surface area contributed by atoms with Crippen molar-refractivity contribution in [1.29, 1.82) is 0 Å². The predicted octanol–water partition coefficient (Wildman–Crippen LogP) is 2.70. The topological polar surface area (TPSA) is 118 Å². The molecule has 0 bridgehead atoms. The zero-order valence-electron chi connectivity index (χ0n) is 25.0. The van der Waals surface area contributed by atoms with Gasteiger partial charge in [-0.25, -0.2) is 15.9 Å². The van der Waals surface area contributed by atoms with Crippen LogP contribution >= 0.6 is 0 Å². The van der Waals surface area contributed by atoms with Gasteiger partial charge in [0, 0.05) is 76.7 Å². The molecule has 2 atom stereocenters. The van der Waals surface area contributed by atoms with Crippen molar-refractivity contribution in [1.82, 2.24) is 34.9 Å². The number of carbonyl (C=O) groups is 2. The number of benzene rings is 1. The van der Waals surface area contributed by atoms with Crippen LogP contribution in [-0.2, 0) is 22.6 Å². The van der Waals surface area contributed by atoms with Gasteiger partial charge in [0.15, 0.2) is 5.83 Å². The second-order valence-corrected chi connectivity index (χ2v) is 11.4. The van der Waals surface area contributed by atoms with E-state index in [-0.39, 0.29) is 31.5 Å². The van der Waals surface area contributed by atoms with Crippen LogP contribution in [0.4, 0.5) is 16.2 Å². The van der Waals surface area contributed by atoms with Crippen molar-refractivity contribution >= 4 is 34.5 Å². The molecule has 2 N–H and O–H groups in total. The molecule has 3 aromatic rings. The summed E-state index contributed by atoms with van der Waals surface area (Å²) < 4.78 is 13.8. The molecule has 12 nitrogen and oxygen atoms in total. The summed E-state index contributed by atoms with van der Waals surface area (Å²) in [4.78, 5) is 45.4. The monoisotopic (exact) mass is 588 g/mol. The van der Waals surface area contributed by atoms with Gasteiger partial charge in [-0.1, -0.05) is 12.6 Å². The summed E-state index contributed by atoms with van der Waals surface area (Å²) in [5.41, 5.74) is 5.21. The van der Waals surface area contributed by atoms with Crippen LogP contribution in [-0.4, -0.2) is 107 Å². The third-order valence-corrected chi connectivity index (χ3v) is 8.31. The van der Waals surface area contributed by atoms with E-state index in [0.717, 1.165) is 28.0 Å². The molecular weight excluding hydrogens is 551 g/mol. The predicted molar refractivity (Wildman–Crippen MR) is 162 cm³/mol. The molecule has 2 aliphatic heterocycles. The number of amides is 2. The minimum Gasteiger partial charge on any atom is -0.354 e. The number of nitrogens with one attached hydrogen (secondary N) is 2. The first-order chi connectivity index (χ1) is 20.6. The Kier molecular flexibility index (Phi) is 8.59. The SMILES string of the molecule is [C-]#[N+]C[C@H]1CN(c2nc(NCCC(=O)N(C)C)nc3c2CN(C)C(c2c(C)ccc4[nH]ncc24)C3)CCN1C(=O)C(=C)F. The third-order valence-electron chi connectivity index (χ3n) is 8.31. The third kappa shape index (κ3) is 6.01. The van der Waals surface area contributed by atoms with Crippen molar-refractivity contribution in [2.75, 3.05) is 64.1 Å². The van der Waals surface area contributed by atoms with Gasteiger partial charge in [-0.05, 0) is 31.2 Å².